The molecule has 1 aromatic carbocycles. The second kappa shape index (κ2) is 11.4. The third kappa shape index (κ3) is 7.06. The summed E-state index contributed by atoms with van der Waals surface area (Å²) in [5, 5.41) is 3.72. The predicted molar refractivity (Wildman–Crippen MR) is 108 cm³/mol. The van der Waals surface area contributed by atoms with Crippen LogP contribution in [0.3, 0.4) is 0 Å². The Morgan fingerprint density at radius 3 is 2.39 bits per heavy atom. The van der Waals surface area contributed by atoms with Crippen molar-refractivity contribution in [3.8, 4) is 5.75 Å². The molecule has 1 saturated heterocycles. The fourth-order valence-electron chi connectivity index (χ4n) is 2.98. The summed E-state index contributed by atoms with van der Waals surface area (Å²) in [4.78, 5) is 38.3. The van der Waals surface area contributed by atoms with Crippen LogP contribution in [-0.4, -0.2) is 61.4 Å². The van der Waals surface area contributed by atoms with Crippen LogP contribution in [0.2, 0.25) is 0 Å². The van der Waals surface area contributed by atoms with E-state index in [9.17, 15) is 14.4 Å². The lowest BCUT2D eigenvalue weighted by atomic mass is 9.97. The van der Waals surface area contributed by atoms with E-state index in [-0.39, 0.29) is 6.61 Å². The number of esters is 3. The van der Waals surface area contributed by atoms with Gasteiger partial charge in [-0.1, -0.05) is 22.9 Å². The molecule has 168 valence electrons. The number of azide groups is 1. The van der Waals surface area contributed by atoms with Crippen LogP contribution < -0.4 is 4.74 Å². The van der Waals surface area contributed by atoms with E-state index in [0.29, 0.717) is 5.75 Å². The number of ether oxygens (including phenoxy) is 5. The average molecular weight is 453 g/mol. The maximum absolute atomic E-state index is 11.8. The Kier molecular flexibility index (Phi) is 8.98. The fourth-order valence-corrected chi connectivity index (χ4v) is 4.14. The van der Waals surface area contributed by atoms with E-state index in [2.05, 4.69) is 10.0 Å². The number of nitrogens with zero attached hydrogens (tertiary/aromatic N) is 3. The molecule has 5 atom stereocenters. The molecule has 0 unspecified atom stereocenters. The molecule has 1 fully saturated rings. The Bertz CT molecular complexity index is 860. The Morgan fingerprint density at radius 2 is 1.81 bits per heavy atom. The number of thioether (sulfide) groups is 1. The maximum Gasteiger partial charge on any atom is 0.303 e. The van der Waals surface area contributed by atoms with Crippen LogP contribution in [0, 0.1) is 0 Å². The highest BCUT2D eigenvalue weighted by Crippen LogP contribution is 2.38. The van der Waals surface area contributed by atoms with E-state index < -0.39 is 47.7 Å². The molecule has 11 nitrogen and oxygen atoms in total. The SMILES string of the molecule is COc1cccc(S[C@H]2O[C@H](COC(C)=O)[C@H](OC(C)=O)[C@H](N=[N+]=[N-])[C@H]2OC(C)=O)c1. The number of carbonyl (C=O) groups excluding carboxylic acids is 3. The lowest BCUT2D eigenvalue weighted by Gasteiger charge is -2.43. The molecule has 0 radical (unpaired) electrons. The van der Waals surface area contributed by atoms with Crippen molar-refractivity contribution in [2.45, 2.75) is 55.5 Å². The quantitative estimate of drug-likeness (QED) is 0.190. The van der Waals surface area contributed by atoms with Crippen molar-refractivity contribution in [1.82, 2.24) is 0 Å². The van der Waals surface area contributed by atoms with Crippen LogP contribution in [0.1, 0.15) is 20.8 Å². The smallest absolute Gasteiger partial charge is 0.303 e. The van der Waals surface area contributed by atoms with E-state index in [4.69, 9.17) is 29.2 Å². The Hall–Kier alpha value is -2.95. The molecule has 0 spiro atoms. The first kappa shape index (κ1) is 24.3. The Labute approximate surface area is 182 Å². The molecule has 2 rings (SSSR count). The van der Waals surface area contributed by atoms with Gasteiger partial charge in [-0.3, -0.25) is 14.4 Å². The number of hydrogen-bond acceptors (Lipinski definition) is 10. The average Bonchev–Trinajstić information content (AvgIpc) is 2.70. The van der Waals surface area contributed by atoms with Crippen LogP contribution in [0.4, 0.5) is 0 Å². The van der Waals surface area contributed by atoms with Crippen LogP contribution in [0.5, 0.6) is 5.75 Å². The van der Waals surface area contributed by atoms with Crippen molar-refractivity contribution in [3.63, 3.8) is 0 Å². The zero-order chi connectivity index (χ0) is 23.0. The molecular weight excluding hydrogens is 430 g/mol. The van der Waals surface area contributed by atoms with Crippen molar-refractivity contribution in [3.05, 3.63) is 34.7 Å². The van der Waals surface area contributed by atoms with E-state index >= 15 is 0 Å². The van der Waals surface area contributed by atoms with Crippen LogP contribution in [-0.2, 0) is 33.3 Å². The van der Waals surface area contributed by atoms with E-state index in [1.807, 2.05) is 0 Å². The molecule has 12 heteroatoms. The molecule has 0 amide bonds. The van der Waals surface area contributed by atoms with E-state index in [0.717, 1.165) is 4.90 Å². The Balaban J connectivity index is 2.43. The normalized spacial score (nSPS) is 25.0. The molecule has 0 bridgehead atoms. The largest absolute Gasteiger partial charge is 0.497 e. The topological polar surface area (TPSA) is 146 Å². The van der Waals surface area contributed by atoms with E-state index in [1.54, 1.807) is 24.3 Å². The molecule has 1 heterocycles. The second-order valence-corrected chi connectivity index (χ2v) is 7.66. The summed E-state index contributed by atoms with van der Waals surface area (Å²) in [6.07, 6.45) is -3.18. The van der Waals surface area contributed by atoms with Gasteiger partial charge in [-0.05, 0) is 23.7 Å². The van der Waals surface area contributed by atoms with Crippen molar-refractivity contribution >= 4 is 29.7 Å². The first-order valence-corrected chi connectivity index (χ1v) is 10.1. The molecule has 0 aromatic heterocycles. The van der Waals surface area contributed by atoms with Gasteiger partial charge in [0.2, 0.25) is 0 Å². The van der Waals surface area contributed by atoms with Gasteiger partial charge >= 0.3 is 17.9 Å². The van der Waals surface area contributed by atoms with Gasteiger partial charge < -0.3 is 23.7 Å². The second-order valence-electron chi connectivity index (χ2n) is 6.49. The summed E-state index contributed by atoms with van der Waals surface area (Å²) in [5.74, 6) is -1.27. The van der Waals surface area contributed by atoms with Crippen molar-refractivity contribution in [1.29, 1.82) is 0 Å². The van der Waals surface area contributed by atoms with Crippen LogP contribution in [0.15, 0.2) is 34.3 Å². The third-order valence-electron chi connectivity index (χ3n) is 4.15. The Morgan fingerprint density at radius 1 is 1.13 bits per heavy atom. The van der Waals surface area contributed by atoms with Gasteiger partial charge in [0.15, 0.2) is 0 Å². The van der Waals surface area contributed by atoms with Gasteiger partial charge in [0.1, 0.15) is 42.1 Å². The lowest BCUT2D eigenvalue weighted by Crippen LogP contribution is -2.59. The monoisotopic (exact) mass is 453 g/mol. The highest BCUT2D eigenvalue weighted by molar-refractivity contribution is 7.99. The van der Waals surface area contributed by atoms with E-state index in [1.165, 1.54) is 39.6 Å². The highest BCUT2D eigenvalue weighted by atomic mass is 32.2. The third-order valence-corrected chi connectivity index (χ3v) is 5.29. The number of hydrogen-bond donors (Lipinski definition) is 0. The first-order chi connectivity index (χ1) is 14.7. The summed E-state index contributed by atoms with van der Waals surface area (Å²) in [6, 6.07) is 5.96. The minimum absolute atomic E-state index is 0.257. The lowest BCUT2D eigenvalue weighted by molar-refractivity contribution is -0.201. The number of carbonyl (C=O) groups is 3. The first-order valence-electron chi connectivity index (χ1n) is 9.23. The van der Waals surface area contributed by atoms with Crippen molar-refractivity contribution < 1.29 is 38.1 Å². The van der Waals surface area contributed by atoms with Gasteiger partial charge in [0, 0.05) is 30.6 Å². The summed E-state index contributed by atoms with van der Waals surface area (Å²) < 4.78 is 27.0. The van der Waals surface area contributed by atoms with Gasteiger partial charge in [0.25, 0.3) is 0 Å². The summed E-state index contributed by atoms with van der Waals surface area (Å²) in [7, 11) is 1.53. The standard InChI is InChI=1S/C19H23N3O8S/c1-10(23)27-9-15-17(28-11(2)24)16(21-22-20)18(29-12(3)25)19(30-15)31-14-7-5-6-13(8-14)26-4/h5-8,15-19H,9H2,1-4H3/t15-,16+,17+,18-,19-/m1/s1. The maximum atomic E-state index is 11.8. The van der Waals surface area contributed by atoms with Gasteiger partial charge in [-0.25, -0.2) is 0 Å². The minimum atomic E-state index is -1.14. The minimum Gasteiger partial charge on any atom is -0.497 e. The molecule has 1 aromatic rings. The fraction of sp³-hybridized carbons (Fsp3) is 0.526. The summed E-state index contributed by atoms with van der Waals surface area (Å²) in [6.45, 7) is 3.34. The zero-order valence-electron chi connectivity index (χ0n) is 17.4. The van der Waals surface area contributed by atoms with Crippen molar-refractivity contribution in [2.75, 3.05) is 13.7 Å². The molecule has 0 aliphatic carbocycles. The zero-order valence-corrected chi connectivity index (χ0v) is 18.2. The van der Waals surface area contributed by atoms with Crippen LogP contribution >= 0.6 is 11.8 Å². The van der Waals surface area contributed by atoms with Crippen molar-refractivity contribution in [2.24, 2.45) is 5.11 Å². The molecule has 0 saturated carbocycles. The number of rotatable bonds is 8. The van der Waals surface area contributed by atoms with Crippen LogP contribution in [0.25, 0.3) is 10.4 Å². The number of benzene rings is 1. The molecule has 0 N–H and O–H groups in total. The molecular formula is C19H23N3O8S. The summed E-state index contributed by atoms with van der Waals surface area (Å²) >= 11 is 1.19. The van der Waals surface area contributed by atoms with Gasteiger partial charge in [0.05, 0.1) is 7.11 Å². The predicted octanol–water partition coefficient (Wildman–Crippen LogP) is 2.62. The number of methoxy groups -OCH3 is 1. The summed E-state index contributed by atoms with van der Waals surface area (Å²) in [5.41, 5.74) is 8.24. The highest BCUT2D eigenvalue weighted by Gasteiger charge is 2.50. The van der Waals surface area contributed by atoms with Gasteiger partial charge in [-0.2, -0.15) is 0 Å². The van der Waals surface area contributed by atoms with Gasteiger partial charge in [-0.15, -0.1) is 0 Å². The molecule has 1 aliphatic heterocycles. The molecule has 31 heavy (non-hydrogen) atoms. The molecule has 1 aliphatic rings.